The molecule has 3 aliphatic rings. The SMILES string of the molecule is CCC1CCC(N(C(=O)CC[C@H]2Cc3ccccc3NC2=O)C2CC2)CC1. The molecule has 1 aliphatic heterocycles. The first-order valence-corrected chi connectivity index (χ1v) is 10.9. The van der Waals surface area contributed by atoms with Crippen molar-refractivity contribution in [1.29, 1.82) is 0 Å². The Hall–Kier alpha value is -1.84. The van der Waals surface area contributed by atoms with Crippen molar-refractivity contribution < 1.29 is 9.59 Å². The zero-order valence-electron chi connectivity index (χ0n) is 16.5. The third kappa shape index (κ3) is 4.20. The van der Waals surface area contributed by atoms with Crippen LogP contribution in [0.25, 0.3) is 0 Å². The average Bonchev–Trinajstić information content (AvgIpc) is 3.52. The van der Waals surface area contributed by atoms with Crippen LogP contribution < -0.4 is 5.32 Å². The summed E-state index contributed by atoms with van der Waals surface area (Å²) in [7, 11) is 0. The number of hydrogen-bond acceptors (Lipinski definition) is 2. The van der Waals surface area contributed by atoms with Crippen molar-refractivity contribution in [3.63, 3.8) is 0 Å². The average molecular weight is 369 g/mol. The van der Waals surface area contributed by atoms with Crippen molar-refractivity contribution in [3.8, 4) is 0 Å². The molecule has 0 unspecified atom stereocenters. The van der Waals surface area contributed by atoms with Gasteiger partial charge in [-0.1, -0.05) is 31.5 Å². The maximum Gasteiger partial charge on any atom is 0.227 e. The van der Waals surface area contributed by atoms with Gasteiger partial charge in [-0.2, -0.15) is 0 Å². The maximum absolute atomic E-state index is 13.1. The standard InChI is InChI=1S/C23H32N2O2/c1-2-16-7-10-19(11-8-16)25(20-12-13-20)22(26)14-9-18-15-17-5-3-4-6-21(17)24-23(18)27/h3-6,16,18-20H,2,7-15H2,1H3,(H,24,27)/t16?,18-,19?/m0/s1. The second-order valence-electron chi connectivity index (χ2n) is 8.70. The highest BCUT2D eigenvalue weighted by molar-refractivity contribution is 5.96. The van der Waals surface area contributed by atoms with E-state index in [1.165, 1.54) is 24.8 Å². The molecule has 1 N–H and O–H groups in total. The van der Waals surface area contributed by atoms with Gasteiger partial charge in [-0.05, 0) is 68.9 Å². The Morgan fingerprint density at radius 2 is 1.74 bits per heavy atom. The lowest BCUT2D eigenvalue weighted by atomic mass is 9.83. The highest BCUT2D eigenvalue weighted by Crippen LogP contribution is 2.37. The molecule has 0 saturated heterocycles. The molecule has 146 valence electrons. The monoisotopic (exact) mass is 368 g/mol. The molecule has 0 spiro atoms. The van der Waals surface area contributed by atoms with Crippen molar-refractivity contribution in [2.75, 3.05) is 5.32 Å². The van der Waals surface area contributed by atoms with Gasteiger partial charge in [-0.3, -0.25) is 9.59 Å². The van der Waals surface area contributed by atoms with Gasteiger partial charge in [0, 0.05) is 30.1 Å². The summed E-state index contributed by atoms with van der Waals surface area (Å²) >= 11 is 0. The van der Waals surface area contributed by atoms with Crippen LogP contribution in [0.15, 0.2) is 24.3 Å². The van der Waals surface area contributed by atoms with Crippen molar-refractivity contribution in [2.45, 2.75) is 83.2 Å². The van der Waals surface area contributed by atoms with Crippen LogP contribution in [0.4, 0.5) is 5.69 Å². The number of anilines is 1. The van der Waals surface area contributed by atoms with Gasteiger partial charge in [-0.25, -0.2) is 0 Å². The largest absolute Gasteiger partial charge is 0.337 e. The normalized spacial score (nSPS) is 27.6. The molecule has 4 nitrogen and oxygen atoms in total. The summed E-state index contributed by atoms with van der Waals surface area (Å²) in [6.07, 6.45) is 10.4. The van der Waals surface area contributed by atoms with E-state index < -0.39 is 0 Å². The third-order valence-corrected chi connectivity index (χ3v) is 6.83. The van der Waals surface area contributed by atoms with Crippen molar-refractivity contribution in [3.05, 3.63) is 29.8 Å². The molecule has 27 heavy (non-hydrogen) atoms. The smallest absolute Gasteiger partial charge is 0.227 e. The number of amides is 2. The zero-order valence-corrected chi connectivity index (χ0v) is 16.5. The fourth-order valence-corrected chi connectivity index (χ4v) is 4.96. The molecule has 1 atom stereocenters. The number of nitrogens with one attached hydrogen (secondary N) is 1. The minimum atomic E-state index is -0.0827. The van der Waals surface area contributed by atoms with Crippen LogP contribution in [0.2, 0.25) is 0 Å². The van der Waals surface area contributed by atoms with Gasteiger partial charge >= 0.3 is 0 Å². The molecule has 1 heterocycles. The number of hydrogen-bond donors (Lipinski definition) is 1. The van der Waals surface area contributed by atoms with Gasteiger partial charge in [0.05, 0.1) is 0 Å². The fourth-order valence-electron chi connectivity index (χ4n) is 4.96. The minimum Gasteiger partial charge on any atom is -0.337 e. The molecule has 0 bridgehead atoms. The van der Waals surface area contributed by atoms with Gasteiger partial charge in [0.2, 0.25) is 11.8 Å². The summed E-state index contributed by atoms with van der Waals surface area (Å²) in [5, 5.41) is 3.01. The molecule has 0 radical (unpaired) electrons. The quantitative estimate of drug-likeness (QED) is 0.801. The summed E-state index contributed by atoms with van der Waals surface area (Å²) in [6, 6.07) is 8.90. The molecule has 1 aromatic carbocycles. The van der Waals surface area contributed by atoms with E-state index in [1.807, 2.05) is 18.2 Å². The summed E-state index contributed by atoms with van der Waals surface area (Å²) in [4.78, 5) is 27.7. The van der Waals surface area contributed by atoms with Gasteiger partial charge in [0.25, 0.3) is 0 Å². The van der Waals surface area contributed by atoms with Crippen LogP contribution in [-0.4, -0.2) is 28.8 Å². The van der Waals surface area contributed by atoms with Gasteiger partial charge < -0.3 is 10.2 Å². The lowest BCUT2D eigenvalue weighted by molar-refractivity contribution is -0.135. The Morgan fingerprint density at radius 1 is 1.07 bits per heavy atom. The molecular formula is C23H32N2O2. The van der Waals surface area contributed by atoms with Crippen LogP contribution in [0, 0.1) is 11.8 Å². The number of nitrogens with zero attached hydrogens (tertiary/aromatic N) is 1. The number of benzene rings is 1. The van der Waals surface area contributed by atoms with E-state index in [4.69, 9.17) is 0 Å². The highest BCUT2D eigenvalue weighted by atomic mass is 16.2. The lowest BCUT2D eigenvalue weighted by Crippen LogP contribution is -2.44. The van der Waals surface area contributed by atoms with Gasteiger partial charge in [0.15, 0.2) is 0 Å². The van der Waals surface area contributed by atoms with Crippen molar-refractivity contribution in [2.24, 2.45) is 11.8 Å². The van der Waals surface area contributed by atoms with Crippen LogP contribution in [-0.2, 0) is 16.0 Å². The summed E-state index contributed by atoms with van der Waals surface area (Å²) in [5.41, 5.74) is 2.11. The predicted octanol–water partition coefficient (Wildman–Crippen LogP) is 4.54. The molecular weight excluding hydrogens is 336 g/mol. The fraction of sp³-hybridized carbons (Fsp3) is 0.652. The van der Waals surface area contributed by atoms with E-state index >= 15 is 0 Å². The van der Waals surface area contributed by atoms with E-state index in [0.717, 1.165) is 43.7 Å². The Labute approximate surface area is 162 Å². The molecule has 1 aromatic rings. The Kier molecular flexibility index (Phi) is 5.51. The zero-order chi connectivity index (χ0) is 18.8. The molecule has 2 saturated carbocycles. The van der Waals surface area contributed by atoms with Crippen molar-refractivity contribution in [1.82, 2.24) is 4.90 Å². The Balaban J connectivity index is 1.34. The van der Waals surface area contributed by atoms with Crippen LogP contribution in [0.5, 0.6) is 0 Å². The first-order valence-electron chi connectivity index (χ1n) is 10.9. The van der Waals surface area contributed by atoms with E-state index in [9.17, 15) is 9.59 Å². The number of carbonyl (C=O) groups excluding carboxylic acids is 2. The first-order chi connectivity index (χ1) is 13.2. The van der Waals surface area contributed by atoms with E-state index in [2.05, 4.69) is 23.2 Å². The number of fused-ring (bicyclic) bond motifs is 1. The lowest BCUT2D eigenvalue weighted by Gasteiger charge is -2.37. The molecule has 0 aromatic heterocycles. The second-order valence-corrected chi connectivity index (χ2v) is 8.70. The topological polar surface area (TPSA) is 49.4 Å². The summed E-state index contributed by atoms with van der Waals surface area (Å²) in [5.74, 6) is 1.12. The van der Waals surface area contributed by atoms with E-state index in [-0.39, 0.29) is 17.7 Å². The first kappa shape index (κ1) is 18.5. The minimum absolute atomic E-state index is 0.0722. The molecule has 2 amide bonds. The van der Waals surface area contributed by atoms with Gasteiger partial charge in [0.1, 0.15) is 0 Å². The Morgan fingerprint density at radius 3 is 2.41 bits per heavy atom. The molecule has 2 fully saturated rings. The van der Waals surface area contributed by atoms with Crippen LogP contribution >= 0.6 is 0 Å². The van der Waals surface area contributed by atoms with E-state index in [0.29, 0.717) is 24.9 Å². The molecule has 2 aliphatic carbocycles. The van der Waals surface area contributed by atoms with E-state index in [1.54, 1.807) is 0 Å². The molecule has 4 rings (SSSR count). The number of carbonyl (C=O) groups is 2. The molecule has 4 heteroatoms. The van der Waals surface area contributed by atoms with Crippen LogP contribution in [0.1, 0.15) is 70.3 Å². The number of para-hydroxylation sites is 1. The number of rotatable bonds is 6. The van der Waals surface area contributed by atoms with Gasteiger partial charge in [-0.15, -0.1) is 0 Å². The van der Waals surface area contributed by atoms with Crippen LogP contribution in [0.3, 0.4) is 0 Å². The highest BCUT2D eigenvalue weighted by Gasteiger charge is 2.38. The maximum atomic E-state index is 13.1. The second kappa shape index (κ2) is 8.04. The Bertz CT molecular complexity index is 689. The predicted molar refractivity (Wildman–Crippen MR) is 107 cm³/mol. The summed E-state index contributed by atoms with van der Waals surface area (Å²) in [6.45, 7) is 2.28. The summed E-state index contributed by atoms with van der Waals surface area (Å²) < 4.78 is 0. The third-order valence-electron chi connectivity index (χ3n) is 6.83. The van der Waals surface area contributed by atoms with Crippen molar-refractivity contribution >= 4 is 17.5 Å².